The maximum absolute atomic E-state index is 13.0. The number of hydrogen-bond donors (Lipinski definition) is 2. The Kier molecular flexibility index (Phi) is 5.71. The summed E-state index contributed by atoms with van der Waals surface area (Å²) in [5.41, 5.74) is 4.04. The summed E-state index contributed by atoms with van der Waals surface area (Å²) in [4.78, 5) is 25.8. The molecule has 0 aliphatic carbocycles. The summed E-state index contributed by atoms with van der Waals surface area (Å²) in [6, 6.07) is 19.9. The third-order valence-electron chi connectivity index (χ3n) is 4.82. The Balaban J connectivity index is 1.62. The Bertz CT molecular complexity index is 1150. The first-order valence-corrected chi connectivity index (χ1v) is 9.85. The molecule has 1 heterocycles. The molecule has 1 aliphatic rings. The first-order valence-electron chi connectivity index (χ1n) is 9.85. The molecule has 156 valence electrons. The van der Waals surface area contributed by atoms with Gasteiger partial charge in [-0.3, -0.25) is 9.59 Å². The highest BCUT2D eigenvalue weighted by Crippen LogP contribution is 2.33. The molecule has 3 aromatic carbocycles. The zero-order valence-corrected chi connectivity index (χ0v) is 17.3. The summed E-state index contributed by atoms with van der Waals surface area (Å²) in [7, 11) is 0. The monoisotopic (exact) mass is 414 g/mol. The number of anilines is 1. The predicted octanol–water partition coefficient (Wildman–Crippen LogP) is 4.44. The molecule has 0 unspecified atom stereocenters. The van der Waals surface area contributed by atoms with E-state index in [1.165, 1.54) is 0 Å². The fourth-order valence-electron chi connectivity index (χ4n) is 3.06. The zero-order chi connectivity index (χ0) is 21.8. The van der Waals surface area contributed by atoms with Crippen molar-refractivity contribution in [3.05, 3.63) is 94.7 Å². The first-order chi connectivity index (χ1) is 15.0. The van der Waals surface area contributed by atoms with Crippen molar-refractivity contribution in [1.29, 1.82) is 0 Å². The van der Waals surface area contributed by atoms with Crippen molar-refractivity contribution >= 4 is 23.6 Å². The number of aryl methyl sites for hydroxylation is 2. The van der Waals surface area contributed by atoms with Crippen molar-refractivity contribution < 1.29 is 19.1 Å². The van der Waals surface area contributed by atoms with E-state index in [1.807, 2.05) is 50.2 Å². The Morgan fingerprint density at radius 3 is 2.19 bits per heavy atom. The molecule has 31 heavy (non-hydrogen) atoms. The number of hydrogen-bond acceptors (Lipinski definition) is 4. The van der Waals surface area contributed by atoms with Crippen LogP contribution in [0, 0.1) is 13.8 Å². The summed E-state index contributed by atoms with van der Waals surface area (Å²) in [5, 5.41) is 5.57. The van der Waals surface area contributed by atoms with E-state index in [-0.39, 0.29) is 18.4 Å². The second kappa shape index (κ2) is 8.75. The van der Waals surface area contributed by atoms with Crippen molar-refractivity contribution in [2.75, 3.05) is 12.1 Å². The maximum Gasteiger partial charge on any atom is 0.272 e. The van der Waals surface area contributed by atoms with Crippen molar-refractivity contribution in [1.82, 2.24) is 5.32 Å². The number of nitrogens with one attached hydrogen (secondary N) is 2. The second-order valence-corrected chi connectivity index (χ2v) is 7.31. The molecule has 4 rings (SSSR count). The van der Waals surface area contributed by atoms with Crippen LogP contribution in [0.25, 0.3) is 6.08 Å². The SMILES string of the molecule is Cc1ccc(NC(=O)C(=Cc2ccc3c(c2)OCO3)NC(=O)c2ccc(C)cc2)cc1. The van der Waals surface area contributed by atoms with E-state index in [2.05, 4.69) is 10.6 Å². The van der Waals surface area contributed by atoms with Crippen LogP contribution in [0.4, 0.5) is 5.69 Å². The van der Waals surface area contributed by atoms with Crippen molar-refractivity contribution in [3.8, 4) is 11.5 Å². The summed E-state index contributed by atoms with van der Waals surface area (Å²) in [5.74, 6) is 0.441. The van der Waals surface area contributed by atoms with Crippen LogP contribution in [0.1, 0.15) is 27.0 Å². The molecule has 0 spiro atoms. The molecule has 0 radical (unpaired) electrons. The van der Waals surface area contributed by atoms with Crippen LogP contribution >= 0.6 is 0 Å². The van der Waals surface area contributed by atoms with Gasteiger partial charge in [0.1, 0.15) is 5.70 Å². The summed E-state index contributed by atoms with van der Waals surface area (Å²) in [6.07, 6.45) is 1.61. The summed E-state index contributed by atoms with van der Waals surface area (Å²) < 4.78 is 10.7. The normalized spacial score (nSPS) is 12.4. The molecule has 3 aromatic rings. The van der Waals surface area contributed by atoms with E-state index in [1.54, 1.807) is 36.4 Å². The average molecular weight is 414 g/mol. The quantitative estimate of drug-likeness (QED) is 0.605. The van der Waals surface area contributed by atoms with E-state index in [9.17, 15) is 9.59 Å². The molecule has 2 amide bonds. The molecular formula is C25H22N2O4. The van der Waals surface area contributed by atoms with Gasteiger partial charge in [0.2, 0.25) is 6.79 Å². The highest BCUT2D eigenvalue weighted by Gasteiger charge is 2.17. The van der Waals surface area contributed by atoms with Gasteiger partial charge in [-0.25, -0.2) is 0 Å². The molecule has 0 saturated heterocycles. The number of carbonyl (C=O) groups is 2. The highest BCUT2D eigenvalue weighted by molar-refractivity contribution is 6.10. The van der Waals surface area contributed by atoms with E-state index >= 15 is 0 Å². The Morgan fingerprint density at radius 2 is 1.48 bits per heavy atom. The lowest BCUT2D eigenvalue weighted by atomic mass is 10.1. The highest BCUT2D eigenvalue weighted by atomic mass is 16.7. The minimum absolute atomic E-state index is 0.116. The standard InChI is InChI=1S/C25H22N2O4/c1-16-3-8-19(9-4-16)24(28)27-21(25(29)26-20-10-5-17(2)6-11-20)13-18-7-12-22-23(14-18)31-15-30-22/h3-14H,15H2,1-2H3,(H,26,29)(H,27,28). The zero-order valence-electron chi connectivity index (χ0n) is 17.3. The van der Waals surface area contributed by atoms with Gasteiger partial charge in [-0.05, 0) is 61.9 Å². The lowest BCUT2D eigenvalue weighted by molar-refractivity contribution is -0.113. The van der Waals surface area contributed by atoms with Gasteiger partial charge in [-0.1, -0.05) is 41.5 Å². The molecule has 0 saturated carbocycles. The van der Waals surface area contributed by atoms with E-state index in [0.717, 1.165) is 11.1 Å². The Labute approximate surface area is 180 Å². The van der Waals surface area contributed by atoms with Gasteiger partial charge in [0, 0.05) is 11.3 Å². The van der Waals surface area contributed by atoms with Crippen molar-refractivity contribution in [2.45, 2.75) is 13.8 Å². The van der Waals surface area contributed by atoms with Gasteiger partial charge < -0.3 is 20.1 Å². The van der Waals surface area contributed by atoms with Gasteiger partial charge in [-0.2, -0.15) is 0 Å². The largest absolute Gasteiger partial charge is 0.454 e. The van der Waals surface area contributed by atoms with Crippen LogP contribution in [-0.4, -0.2) is 18.6 Å². The van der Waals surface area contributed by atoms with Gasteiger partial charge in [0.25, 0.3) is 11.8 Å². The van der Waals surface area contributed by atoms with Crippen LogP contribution in [0.15, 0.2) is 72.4 Å². The lowest BCUT2D eigenvalue weighted by Gasteiger charge is -2.12. The average Bonchev–Trinajstić information content (AvgIpc) is 3.23. The van der Waals surface area contributed by atoms with Gasteiger partial charge in [0.15, 0.2) is 11.5 Å². The first kappa shape index (κ1) is 20.2. The minimum atomic E-state index is -0.429. The predicted molar refractivity (Wildman–Crippen MR) is 119 cm³/mol. The number of carbonyl (C=O) groups excluding carboxylic acids is 2. The number of rotatable bonds is 5. The number of benzene rings is 3. The van der Waals surface area contributed by atoms with Gasteiger partial charge in [0.05, 0.1) is 0 Å². The van der Waals surface area contributed by atoms with Gasteiger partial charge >= 0.3 is 0 Å². The lowest BCUT2D eigenvalue weighted by Crippen LogP contribution is -2.30. The summed E-state index contributed by atoms with van der Waals surface area (Å²) in [6.45, 7) is 4.08. The van der Waals surface area contributed by atoms with Crippen LogP contribution in [-0.2, 0) is 4.79 Å². The Hall–Kier alpha value is -4.06. The van der Waals surface area contributed by atoms with E-state index < -0.39 is 5.91 Å². The number of amides is 2. The molecule has 2 N–H and O–H groups in total. The third kappa shape index (κ3) is 4.93. The molecule has 6 heteroatoms. The van der Waals surface area contributed by atoms with Crippen LogP contribution in [0.5, 0.6) is 11.5 Å². The smallest absolute Gasteiger partial charge is 0.272 e. The molecular weight excluding hydrogens is 392 g/mol. The molecule has 0 fully saturated rings. The fourth-order valence-corrected chi connectivity index (χ4v) is 3.06. The van der Waals surface area contributed by atoms with Crippen LogP contribution in [0.2, 0.25) is 0 Å². The fraction of sp³-hybridized carbons (Fsp3) is 0.120. The topological polar surface area (TPSA) is 76.7 Å². The minimum Gasteiger partial charge on any atom is -0.454 e. The molecule has 6 nitrogen and oxygen atoms in total. The van der Waals surface area contributed by atoms with Crippen molar-refractivity contribution in [2.24, 2.45) is 0 Å². The third-order valence-corrected chi connectivity index (χ3v) is 4.82. The van der Waals surface area contributed by atoms with Crippen LogP contribution in [0.3, 0.4) is 0 Å². The Morgan fingerprint density at radius 1 is 0.839 bits per heavy atom. The van der Waals surface area contributed by atoms with E-state index in [0.29, 0.717) is 28.3 Å². The number of ether oxygens (including phenoxy) is 2. The molecule has 1 aliphatic heterocycles. The summed E-state index contributed by atoms with van der Waals surface area (Å²) >= 11 is 0. The van der Waals surface area contributed by atoms with Gasteiger partial charge in [-0.15, -0.1) is 0 Å². The molecule has 0 atom stereocenters. The number of fused-ring (bicyclic) bond motifs is 1. The molecule has 0 aromatic heterocycles. The maximum atomic E-state index is 13.0. The van der Waals surface area contributed by atoms with Crippen LogP contribution < -0.4 is 20.1 Å². The van der Waals surface area contributed by atoms with Crippen molar-refractivity contribution in [3.63, 3.8) is 0 Å². The molecule has 0 bridgehead atoms. The second-order valence-electron chi connectivity index (χ2n) is 7.31. The van der Waals surface area contributed by atoms with E-state index in [4.69, 9.17) is 9.47 Å².